The number of fused-ring (bicyclic) bond motifs is 1. The second-order valence-electron chi connectivity index (χ2n) is 5.50. The summed E-state index contributed by atoms with van der Waals surface area (Å²) < 4.78 is 22.2. The molecule has 0 spiro atoms. The molecule has 114 valence electrons. The molecule has 1 aromatic heterocycles. The molecule has 1 aliphatic rings. The number of halogens is 3. The van der Waals surface area contributed by atoms with E-state index < -0.39 is 0 Å². The number of nitrogens with zero attached hydrogens (tertiary/aromatic N) is 2. The third-order valence-electron chi connectivity index (χ3n) is 4.02. The summed E-state index contributed by atoms with van der Waals surface area (Å²) in [5.41, 5.74) is 1.51. The predicted octanol–water partition coefficient (Wildman–Crippen LogP) is 4.98. The van der Waals surface area contributed by atoms with Crippen LogP contribution in [0.3, 0.4) is 0 Å². The van der Waals surface area contributed by atoms with Gasteiger partial charge in [-0.05, 0) is 48.7 Å². The van der Waals surface area contributed by atoms with E-state index in [2.05, 4.69) is 27.8 Å². The molecule has 3 nitrogen and oxygen atoms in total. The topological polar surface area (TPSA) is 27.1 Å². The molecule has 1 saturated heterocycles. The van der Waals surface area contributed by atoms with Gasteiger partial charge in [-0.15, -0.1) is 11.6 Å². The minimum Gasteiger partial charge on any atom is -0.376 e. The lowest BCUT2D eigenvalue weighted by Crippen LogP contribution is -2.22. The number of imidazole rings is 1. The van der Waals surface area contributed by atoms with E-state index in [4.69, 9.17) is 16.3 Å². The van der Waals surface area contributed by atoms with Gasteiger partial charge in [0, 0.05) is 12.7 Å². The Labute approximate surface area is 136 Å². The molecule has 3 atom stereocenters. The average molecular weight is 376 g/mol. The Morgan fingerprint density at radius 1 is 1.48 bits per heavy atom. The quantitative estimate of drug-likeness (QED) is 0.708. The van der Waals surface area contributed by atoms with Crippen molar-refractivity contribution in [2.24, 2.45) is 0 Å². The Balaban J connectivity index is 2.17. The van der Waals surface area contributed by atoms with Gasteiger partial charge in [0.05, 0.1) is 33.0 Å². The summed E-state index contributed by atoms with van der Waals surface area (Å²) in [5.74, 6) is 0.462. The highest BCUT2D eigenvalue weighted by molar-refractivity contribution is 9.10. The zero-order valence-electron chi connectivity index (χ0n) is 11.9. The minimum absolute atomic E-state index is 0.0780. The van der Waals surface area contributed by atoms with E-state index >= 15 is 0 Å². The summed E-state index contributed by atoms with van der Waals surface area (Å²) in [6.07, 6.45) is 2.20. The minimum atomic E-state index is -0.294. The zero-order chi connectivity index (χ0) is 15.1. The summed E-state index contributed by atoms with van der Waals surface area (Å²) in [5, 5.41) is -0.247. The van der Waals surface area contributed by atoms with Crippen LogP contribution < -0.4 is 0 Å². The van der Waals surface area contributed by atoms with E-state index in [9.17, 15) is 4.39 Å². The van der Waals surface area contributed by atoms with Crippen molar-refractivity contribution < 1.29 is 9.13 Å². The van der Waals surface area contributed by atoms with Crippen molar-refractivity contribution in [2.75, 3.05) is 6.61 Å². The van der Waals surface area contributed by atoms with Crippen molar-refractivity contribution in [3.63, 3.8) is 0 Å². The van der Waals surface area contributed by atoms with Crippen LogP contribution in [-0.4, -0.2) is 22.3 Å². The van der Waals surface area contributed by atoms with Gasteiger partial charge in [0.25, 0.3) is 0 Å². The summed E-state index contributed by atoms with van der Waals surface area (Å²) in [6, 6.07) is 3.29. The molecule has 0 saturated carbocycles. The molecule has 0 aliphatic carbocycles. The van der Waals surface area contributed by atoms with E-state index in [0.717, 1.165) is 36.3 Å². The van der Waals surface area contributed by atoms with Gasteiger partial charge in [-0.2, -0.15) is 0 Å². The summed E-state index contributed by atoms with van der Waals surface area (Å²) in [4.78, 5) is 4.59. The molecule has 1 aliphatic heterocycles. The highest BCUT2D eigenvalue weighted by Gasteiger charge is 2.28. The number of benzene rings is 1. The maximum Gasteiger partial charge on any atom is 0.139 e. The van der Waals surface area contributed by atoms with Gasteiger partial charge in [0.15, 0.2) is 0 Å². The lowest BCUT2D eigenvalue weighted by Gasteiger charge is -2.23. The molecule has 0 N–H and O–H groups in total. The molecule has 0 bridgehead atoms. The molecule has 1 aromatic carbocycles. The van der Waals surface area contributed by atoms with Gasteiger partial charge < -0.3 is 9.30 Å². The summed E-state index contributed by atoms with van der Waals surface area (Å²) in [6.45, 7) is 4.75. The number of aromatic nitrogens is 2. The standard InChI is InChI=1S/C15H17BrClFN2O/c1-8(17)15-19-12-6-10(16)11(18)7-13(12)20(15)9(2)14-4-3-5-21-14/h6-9,14H,3-5H2,1-2H3. The van der Waals surface area contributed by atoms with Gasteiger partial charge in [-0.3, -0.25) is 0 Å². The van der Waals surface area contributed by atoms with E-state index in [1.54, 1.807) is 6.07 Å². The molecular formula is C15H17BrClFN2O. The fourth-order valence-electron chi connectivity index (χ4n) is 2.97. The van der Waals surface area contributed by atoms with Crippen LogP contribution in [0.2, 0.25) is 0 Å². The van der Waals surface area contributed by atoms with Crippen molar-refractivity contribution in [1.29, 1.82) is 0 Å². The molecule has 1 fully saturated rings. The maximum atomic E-state index is 13.9. The smallest absolute Gasteiger partial charge is 0.139 e. The average Bonchev–Trinajstić information content (AvgIpc) is 3.06. The highest BCUT2D eigenvalue weighted by Crippen LogP contribution is 2.34. The molecule has 6 heteroatoms. The van der Waals surface area contributed by atoms with Gasteiger partial charge in [-0.25, -0.2) is 9.37 Å². The SMILES string of the molecule is CC(Cl)c1nc2cc(Br)c(F)cc2n1C(C)C1CCCO1. The Bertz CT molecular complexity index is 667. The van der Waals surface area contributed by atoms with E-state index in [-0.39, 0.29) is 23.3 Å². The number of alkyl halides is 1. The van der Waals surface area contributed by atoms with Gasteiger partial charge in [0.2, 0.25) is 0 Å². The second kappa shape index (κ2) is 5.86. The maximum absolute atomic E-state index is 13.9. The van der Waals surface area contributed by atoms with Crippen molar-refractivity contribution in [1.82, 2.24) is 9.55 Å². The molecule has 2 aromatic rings. The van der Waals surface area contributed by atoms with Crippen LogP contribution in [0.1, 0.15) is 43.9 Å². The van der Waals surface area contributed by atoms with Crippen LogP contribution in [-0.2, 0) is 4.74 Å². The first kappa shape index (κ1) is 15.3. The van der Waals surface area contributed by atoms with E-state index in [1.165, 1.54) is 6.07 Å². The Morgan fingerprint density at radius 2 is 2.24 bits per heavy atom. The normalized spacial score (nSPS) is 21.9. The van der Waals surface area contributed by atoms with Crippen molar-refractivity contribution >= 4 is 38.6 Å². The first-order valence-corrected chi connectivity index (χ1v) is 8.34. The number of rotatable bonds is 3. The first-order valence-electron chi connectivity index (χ1n) is 7.11. The van der Waals surface area contributed by atoms with Crippen LogP contribution in [0.15, 0.2) is 16.6 Å². The third-order valence-corrected chi connectivity index (χ3v) is 4.83. The van der Waals surface area contributed by atoms with Crippen molar-refractivity contribution in [3.8, 4) is 0 Å². The summed E-state index contributed by atoms with van der Waals surface area (Å²) >= 11 is 9.49. The van der Waals surface area contributed by atoms with Crippen LogP contribution >= 0.6 is 27.5 Å². The predicted molar refractivity (Wildman–Crippen MR) is 85.3 cm³/mol. The molecule has 21 heavy (non-hydrogen) atoms. The Kier molecular flexibility index (Phi) is 4.26. The molecular weight excluding hydrogens is 359 g/mol. The molecule has 3 rings (SSSR count). The molecule has 0 radical (unpaired) electrons. The van der Waals surface area contributed by atoms with Gasteiger partial charge in [-0.1, -0.05) is 0 Å². The van der Waals surface area contributed by atoms with E-state index in [0.29, 0.717) is 4.47 Å². The van der Waals surface area contributed by atoms with Crippen LogP contribution in [0.5, 0.6) is 0 Å². The number of hydrogen-bond acceptors (Lipinski definition) is 2. The number of ether oxygens (including phenoxy) is 1. The second-order valence-corrected chi connectivity index (χ2v) is 7.01. The molecule has 2 heterocycles. The third kappa shape index (κ3) is 2.71. The first-order chi connectivity index (χ1) is 9.99. The van der Waals surface area contributed by atoms with Crippen LogP contribution in [0, 0.1) is 5.82 Å². The largest absolute Gasteiger partial charge is 0.376 e. The molecule has 0 amide bonds. The Morgan fingerprint density at radius 3 is 2.86 bits per heavy atom. The lowest BCUT2D eigenvalue weighted by molar-refractivity contribution is 0.0736. The molecule has 3 unspecified atom stereocenters. The number of hydrogen-bond donors (Lipinski definition) is 0. The van der Waals surface area contributed by atoms with Crippen molar-refractivity contribution in [3.05, 3.63) is 28.2 Å². The van der Waals surface area contributed by atoms with Crippen LogP contribution in [0.4, 0.5) is 4.39 Å². The van der Waals surface area contributed by atoms with Gasteiger partial charge in [0.1, 0.15) is 11.6 Å². The van der Waals surface area contributed by atoms with Crippen molar-refractivity contribution in [2.45, 2.75) is 44.2 Å². The van der Waals surface area contributed by atoms with Crippen LogP contribution in [0.25, 0.3) is 11.0 Å². The van der Waals surface area contributed by atoms with Gasteiger partial charge >= 0.3 is 0 Å². The summed E-state index contributed by atoms with van der Waals surface area (Å²) in [7, 11) is 0. The lowest BCUT2D eigenvalue weighted by atomic mass is 10.1. The van der Waals surface area contributed by atoms with E-state index in [1.807, 2.05) is 11.5 Å². The fraction of sp³-hybridized carbons (Fsp3) is 0.533. The highest BCUT2D eigenvalue weighted by atomic mass is 79.9. The monoisotopic (exact) mass is 374 g/mol. The Hall–Kier alpha value is -0.650. The zero-order valence-corrected chi connectivity index (χ0v) is 14.3. The fourth-order valence-corrected chi connectivity index (χ4v) is 3.45.